The lowest BCUT2D eigenvalue weighted by Crippen LogP contribution is -2.29. The Morgan fingerprint density at radius 2 is 2.24 bits per heavy atom. The molecule has 0 amide bonds. The summed E-state index contributed by atoms with van der Waals surface area (Å²) in [4.78, 5) is 2.08. The first-order valence-electron chi connectivity index (χ1n) is 6.02. The summed E-state index contributed by atoms with van der Waals surface area (Å²) >= 11 is 0. The number of halogens is 1. The molecule has 0 radical (unpaired) electrons. The topological polar surface area (TPSA) is 24.5 Å². The lowest BCUT2D eigenvalue weighted by Gasteiger charge is -2.23. The van der Waals surface area contributed by atoms with Gasteiger partial charge in [-0.1, -0.05) is 0 Å². The molecule has 1 heterocycles. The first-order valence-corrected chi connectivity index (χ1v) is 6.02. The van der Waals surface area contributed by atoms with Crippen LogP contribution in [-0.2, 0) is 0 Å². The van der Waals surface area contributed by atoms with E-state index in [1.54, 1.807) is 19.2 Å². The number of nitrogens with one attached hydrogen (secondary N) is 1. The monoisotopic (exact) mass is 238 g/mol. The SMILES string of the molecule is COc1ccc(F)c(N2CCNC(C)CC2)c1. The van der Waals surface area contributed by atoms with E-state index in [0.717, 1.165) is 26.1 Å². The van der Waals surface area contributed by atoms with Crippen molar-refractivity contribution in [3.05, 3.63) is 24.0 Å². The normalized spacial score (nSPS) is 21.1. The van der Waals surface area contributed by atoms with E-state index >= 15 is 0 Å². The molecule has 1 aliphatic heterocycles. The first-order chi connectivity index (χ1) is 8.20. The third-order valence-corrected chi connectivity index (χ3v) is 3.20. The fraction of sp³-hybridized carbons (Fsp3) is 0.538. The summed E-state index contributed by atoms with van der Waals surface area (Å²) in [5, 5.41) is 3.40. The summed E-state index contributed by atoms with van der Waals surface area (Å²) in [5.41, 5.74) is 0.639. The summed E-state index contributed by atoms with van der Waals surface area (Å²) in [6.07, 6.45) is 1.02. The number of hydrogen-bond acceptors (Lipinski definition) is 3. The van der Waals surface area contributed by atoms with Crippen LogP contribution in [0.4, 0.5) is 10.1 Å². The van der Waals surface area contributed by atoms with Gasteiger partial charge in [-0.15, -0.1) is 0 Å². The van der Waals surface area contributed by atoms with Crippen molar-refractivity contribution in [3.63, 3.8) is 0 Å². The number of anilines is 1. The van der Waals surface area contributed by atoms with Crippen molar-refractivity contribution in [1.82, 2.24) is 5.32 Å². The zero-order chi connectivity index (χ0) is 12.3. The maximum atomic E-state index is 13.8. The van der Waals surface area contributed by atoms with Crippen LogP contribution in [-0.4, -0.2) is 32.8 Å². The summed E-state index contributed by atoms with van der Waals surface area (Å²) in [5.74, 6) is 0.520. The van der Waals surface area contributed by atoms with E-state index in [-0.39, 0.29) is 5.82 Å². The van der Waals surface area contributed by atoms with Gasteiger partial charge < -0.3 is 15.0 Å². The fourth-order valence-electron chi connectivity index (χ4n) is 2.11. The van der Waals surface area contributed by atoms with Crippen LogP contribution in [0.2, 0.25) is 0 Å². The zero-order valence-corrected chi connectivity index (χ0v) is 10.4. The van der Waals surface area contributed by atoms with Crippen LogP contribution in [0.5, 0.6) is 5.75 Å². The van der Waals surface area contributed by atoms with Gasteiger partial charge in [-0.3, -0.25) is 0 Å². The molecule has 1 aromatic carbocycles. The molecule has 0 spiro atoms. The van der Waals surface area contributed by atoms with Crippen molar-refractivity contribution in [2.24, 2.45) is 0 Å². The maximum Gasteiger partial charge on any atom is 0.146 e. The maximum absolute atomic E-state index is 13.8. The quantitative estimate of drug-likeness (QED) is 0.853. The van der Waals surface area contributed by atoms with E-state index < -0.39 is 0 Å². The van der Waals surface area contributed by atoms with Gasteiger partial charge in [0.05, 0.1) is 12.8 Å². The zero-order valence-electron chi connectivity index (χ0n) is 10.4. The van der Waals surface area contributed by atoms with Crippen LogP contribution < -0.4 is 15.0 Å². The lowest BCUT2D eigenvalue weighted by molar-refractivity contribution is 0.413. The predicted octanol–water partition coefficient (Wildman–Crippen LogP) is 2.02. The molecule has 1 aromatic rings. The van der Waals surface area contributed by atoms with Gasteiger partial charge in [0, 0.05) is 31.7 Å². The number of methoxy groups -OCH3 is 1. The van der Waals surface area contributed by atoms with Crippen LogP contribution >= 0.6 is 0 Å². The molecule has 0 bridgehead atoms. The molecule has 17 heavy (non-hydrogen) atoms. The van der Waals surface area contributed by atoms with Crippen LogP contribution in [0, 0.1) is 5.82 Å². The van der Waals surface area contributed by atoms with Gasteiger partial charge in [-0.25, -0.2) is 4.39 Å². The Morgan fingerprint density at radius 1 is 1.41 bits per heavy atom. The summed E-state index contributed by atoms with van der Waals surface area (Å²) in [6.45, 7) is 4.75. The third kappa shape index (κ3) is 2.88. The van der Waals surface area contributed by atoms with Crippen LogP contribution in [0.1, 0.15) is 13.3 Å². The average molecular weight is 238 g/mol. The van der Waals surface area contributed by atoms with Crippen molar-refractivity contribution in [3.8, 4) is 5.75 Å². The van der Waals surface area contributed by atoms with E-state index in [2.05, 4.69) is 17.1 Å². The van der Waals surface area contributed by atoms with E-state index in [4.69, 9.17) is 4.74 Å². The summed E-state index contributed by atoms with van der Waals surface area (Å²) in [6, 6.07) is 5.38. The molecule has 0 saturated carbocycles. The number of benzene rings is 1. The Hall–Kier alpha value is -1.29. The average Bonchev–Trinajstić information content (AvgIpc) is 2.55. The molecule has 3 nitrogen and oxygen atoms in total. The highest BCUT2D eigenvalue weighted by molar-refractivity contribution is 5.52. The molecule has 4 heteroatoms. The van der Waals surface area contributed by atoms with Gasteiger partial charge in [0.2, 0.25) is 0 Å². The molecule has 1 atom stereocenters. The summed E-state index contributed by atoms with van der Waals surface area (Å²) in [7, 11) is 1.60. The highest BCUT2D eigenvalue weighted by Gasteiger charge is 2.16. The smallest absolute Gasteiger partial charge is 0.146 e. The first kappa shape index (κ1) is 12.2. The minimum atomic E-state index is -0.180. The second-order valence-electron chi connectivity index (χ2n) is 4.45. The molecule has 1 unspecified atom stereocenters. The second-order valence-corrected chi connectivity index (χ2v) is 4.45. The standard InChI is InChI=1S/C13H19FN2O/c1-10-5-7-16(8-6-15-10)13-9-11(17-2)3-4-12(13)14/h3-4,9-10,15H,5-8H2,1-2H3. The van der Waals surface area contributed by atoms with E-state index in [0.29, 0.717) is 17.5 Å². The van der Waals surface area contributed by atoms with Crippen molar-refractivity contribution < 1.29 is 9.13 Å². The third-order valence-electron chi connectivity index (χ3n) is 3.20. The van der Waals surface area contributed by atoms with Crippen LogP contribution in [0.3, 0.4) is 0 Å². The molecule has 0 aromatic heterocycles. The number of rotatable bonds is 2. The fourth-order valence-corrected chi connectivity index (χ4v) is 2.11. The largest absolute Gasteiger partial charge is 0.497 e. The molecule has 1 saturated heterocycles. The Labute approximate surface area is 102 Å². The second kappa shape index (κ2) is 5.36. The Morgan fingerprint density at radius 3 is 3.00 bits per heavy atom. The molecule has 1 N–H and O–H groups in total. The molecular weight excluding hydrogens is 219 g/mol. The number of ether oxygens (including phenoxy) is 1. The van der Waals surface area contributed by atoms with Crippen molar-refractivity contribution in [2.45, 2.75) is 19.4 Å². The Kier molecular flexibility index (Phi) is 3.84. The van der Waals surface area contributed by atoms with E-state index in [1.807, 2.05) is 0 Å². The number of hydrogen-bond donors (Lipinski definition) is 1. The predicted molar refractivity (Wildman–Crippen MR) is 67.2 cm³/mol. The van der Waals surface area contributed by atoms with E-state index in [9.17, 15) is 4.39 Å². The molecule has 2 rings (SSSR count). The number of nitrogens with zero attached hydrogens (tertiary/aromatic N) is 1. The Bertz CT molecular complexity index is 384. The summed E-state index contributed by atoms with van der Waals surface area (Å²) < 4.78 is 18.9. The van der Waals surface area contributed by atoms with Gasteiger partial charge in [-0.2, -0.15) is 0 Å². The van der Waals surface area contributed by atoms with Crippen molar-refractivity contribution in [2.75, 3.05) is 31.6 Å². The highest BCUT2D eigenvalue weighted by Crippen LogP contribution is 2.25. The van der Waals surface area contributed by atoms with Gasteiger partial charge in [0.15, 0.2) is 0 Å². The van der Waals surface area contributed by atoms with E-state index in [1.165, 1.54) is 6.07 Å². The van der Waals surface area contributed by atoms with Crippen LogP contribution in [0.15, 0.2) is 18.2 Å². The molecular formula is C13H19FN2O. The minimum Gasteiger partial charge on any atom is -0.497 e. The minimum absolute atomic E-state index is 0.180. The van der Waals surface area contributed by atoms with Crippen LogP contribution in [0.25, 0.3) is 0 Å². The molecule has 0 aliphatic carbocycles. The molecule has 1 aliphatic rings. The van der Waals surface area contributed by atoms with Crippen molar-refractivity contribution >= 4 is 5.69 Å². The molecule has 94 valence electrons. The van der Waals surface area contributed by atoms with Gasteiger partial charge in [0.1, 0.15) is 11.6 Å². The highest BCUT2D eigenvalue weighted by atomic mass is 19.1. The lowest BCUT2D eigenvalue weighted by atomic mass is 10.2. The molecule has 1 fully saturated rings. The van der Waals surface area contributed by atoms with Gasteiger partial charge in [-0.05, 0) is 25.5 Å². The Balaban J connectivity index is 2.20. The van der Waals surface area contributed by atoms with Crippen molar-refractivity contribution in [1.29, 1.82) is 0 Å². The van der Waals surface area contributed by atoms with Gasteiger partial charge in [0.25, 0.3) is 0 Å². The van der Waals surface area contributed by atoms with Gasteiger partial charge >= 0.3 is 0 Å².